The third-order valence-corrected chi connectivity index (χ3v) is 9.49. The van der Waals surface area contributed by atoms with Gasteiger partial charge in [-0.05, 0) is 90.6 Å². The van der Waals surface area contributed by atoms with Gasteiger partial charge in [-0.25, -0.2) is 4.79 Å². The average molecular weight is 810 g/mol. The van der Waals surface area contributed by atoms with Crippen LogP contribution in [0.2, 0.25) is 0 Å². The molecule has 2 aromatic rings. The van der Waals surface area contributed by atoms with Crippen LogP contribution in [-0.4, -0.2) is 68.2 Å². The molecule has 0 saturated carbocycles. The summed E-state index contributed by atoms with van der Waals surface area (Å²) in [6, 6.07) is 14.9. The number of alkyl halides is 7. The third-order valence-electron chi connectivity index (χ3n) is 7.82. The van der Waals surface area contributed by atoms with Crippen LogP contribution in [0.15, 0.2) is 54.6 Å². The minimum absolute atomic E-state index is 0.0383. The summed E-state index contributed by atoms with van der Waals surface area (Å²) in [6.07, 6.45) is -9.37. The fourth-order valence-electron chi connectivity index (χ4n) is 5.21. The fourth-order valence-corrected chi connectivity index (χ4v) is 7.07. The Morgan fingerprint density at radius 1 is 0.815 bits per heavy atom. The van der Waals surface area contributed by atoms with Gasteiger partial charge in [-0.3, -0.25) is 14.4 Å². The zero-order valence-electron chi connectivity index (χ0n) is 29.9. The van der Waals surface area contributed by atoms with E-state index in [0.29, 0.717) is 17.3 Å². The Balaban J connectivity index is 2.65. The summed E-state index contributed by atoms with van der Waals surface area (Å²) in [5.74, 6) is -17.7. The first-order valence-electron chi connectivity index (χ1n) is 16.0. The highest BCUT2D eigenvalue weighted by Gasteiger charge is 2.73. The highest BCUT2D eigenvalue weighted by atomic mass is 32.2. The lowest BCUT2D eigenvalue weighted by molar-refractivity contribution is -0.360. The van der Waals surface area contributed by atoms with Crippen LogP contribution in [0.1, 0.15) is 83.1 Å². The molecule has 0 saturated heterocycles. The van der Waals surface area contributed by atoms with E-state index in [4.69, 9.17) is 21.7 Å². The van der Waals surface area contributed by atoms with E-state index < -0.39 is 95.4 Å². The number of carboxylic acids is 1. The van der Waals surface area contributed by atoms with Crippen molar-refractivity contribution in [2.45, 2.75) is 95.6 Å². The molecule has 2 rings (SSSR count). The van der Waals surface area contributed by atoms with Crippen LogP contribution in [-0.2, 0) is 23.9 Å². The lowest BCUT2D eigenvalue weighted by Gasteiger charge is -2.39. The zero-order chi connectivity index (χ0) is 41.6. The molecule has 0 aliphatic rings. The normalized spacial score (nSPS) is 15.7. The van der Waals surface area contributed by atoms with Gasteiger partial charge in [0.25, 0.3) is 0 Å². The van der Waals surface area contributed by atoms with Gasteiger partial charge >= 0.3 is 41.9 Å². The molecule has 0 fully saturated rings. The van der Waals surface area contributed by atoms with Crippen LogP contribution >= 0.6 is 24.0 Å². The second kappa shape index (κ2) is 17.1. The number of nitriles is 1. The van der Waals surface area contributed by atoms with Crippen molar-refractivity contribution >= 4 is 52.1 Å². The Labute approximate surface area is 316 Å². The van der Waals surface area contributed by atoms with Crippen molar-refractivity contribution < 1.29 is 69.2 Å². The number of halogens is 7. The van der Waals surface area contributed by atoms with Gasteiger partial charge in [-0.2, -0.15) is 36.0 Å². The van der Waals surface area contributed by atoms with Gasteiger partial charge in [0.1, 0.15) is 16.1 Å². The molecule has 0 spiro atoms. The van der Waals surface area contributed by atoms with Crippen molar-refractivity contribution in [1.29, 1.82) is 5.26 Å². The number of carbonyl (C=O) groups excluding carboxylic acids is 3. The molecule has 0 aliphatic heterocycles. The van der Waals surface area contributed by atoms with Crippen LogP contribution in [0.3, 0.4) is 0 Å². The SMILES string of the molecule is CC(C#N)(CCC(=O)O)CC(C)(CC(C)(SC(=S)c1ccccc1)C(=O)Oc1ccc(C(=O)OC(C)(C)C)cc1)C(=O)OCC(F)(F)C(F)(F)C(F)(F)F. The first kappa shape index (κ1) is 45.9. The lowest BCUT2D eigenvalue weighted by Crippen LogP contribution is -2.55. The number of hydrogen-bond donors (Lipinski definition) is 1. The van der Waals surface area contributed by atoms with Gasteiger partial charge in [0.15, 0.2) is 6.61 Å². The molecule has 9 nitrogen and oxygen atoms in total. The lowest BCUT2D eigenvalue weighted by atomic mass is 9.68. The number of carbonyl (C=O) groups is 4. The minimum atomic E-state index is -6.72. The number of nitrogens with zero attached hydrogens (tertiary/aromatic N) is 1. The standard InChI is InChI=1S/C36H38F7NO8S2/c1-30(2,3)52-26(47)22-12-14-24(15-13-22)51-29(49)33(6,54-27(53)23-10-8-7-9-11-23)19-32(5,18-31(4,20-44)17-16-25(45)46)28(48)50-21-34(37,38)35(39,40)36(41,42)43/h7-15H,16-19,21H2,1-6H3,(H,45,46). The molecule has 0 bridgehead atoms. The Kier molecular flexibility index (Phi) is 14.5. The number of ether oxygens (including phenoxy) is 3. The van der Waals surface area contributed by atoms with E-state index in [9.17, 15) is 60.3 Å². The van der Waals surface area contributed by atoms with E-state index in [0.717, 1.165) is 6.92 Å². The molecule has 3 atom stereocenters. The van der Waals surface area contributed by atoms with Crippen molar-refractivity contribution in [1.82, 2.24) is 0 Å². The minimum Gasteiger partial charge on any atom is -0.481 e. The van der Waals surface area contributed by atoms with Crippen LogP contribution < -0.4 is 4.74 Å². The number of thioether (sulfide) groups is 1. The summed E-state index contributed by atoms with van der Waals surface area (Å²) < 4.78 is 108. The molecule has 54 heavy (non-hydrogen) atoms. The molecule has 0 amide bonds. The number of esters is 3. The van der Waals surface area contributed by atoms with E-state index in [1.165, 1.54) is 38.1 Å². The second-order valence-electron chi connectivity index (χ2n) is 14.2. The first-order chi connectivity index (χ1) is 24.5. The van der Waals surface area contributed by atoms with E-state index >= 15 is 0 Å². The third kappa shape index (κ3) is 12.1. The van der Waals surface area contributed by atoms with E-state index in [1.807, 2.05) is 6.07 Å². The van der Waals surface area contributed by atoms with Crippen LogP contribution in [0.5, 0.6) is 5.75 Å². The number of benzene rings is 2. The fraction of sp³-hybridized carbons (Fsp3) is 0.500. The number of carboxylic acid groups (broad SMARTS) is 1. The molecule has 0 aliphatic carbocycles. The van der Waals surface area contributed by atoms with Crippen molar-refractivity contribution in [3.8, 4) is 11.8 Å². The summed E-state index contributed by atoms with van der Waals surface area (Å²) in [4.78, 5) is 51.6. The smallest absolute Gasteiger partial charge is 0.460 e. The monoisotopic (exact) mass is 809 g/mol. The van der Waals surface area contributed by atoms with Gasteiger partial charge in [0.05, 0.1) is 26.7 Å². The van der Waals surface area contributed by atoms with E-state index in [2.05, 4.69) is 4.74 Å². The van der Waals surface area contributed by atoms with E-state index in [-0.39, 0.29) is 15.5 Å². The molecule has 0 aromatic heterocycles. The number of thiocarbonyl (C=S) groups is 1. The summed E-state index contributed by atoms with van der Waals surface area (Å²) >= 11 is 6.21. The molecule has 0 heterocycles. The quantitative estimate of drug-likeness (QED) is 0.0752. The van der Waals surface area contributed by atoms with Crippen LogP contribution in [0, 0.1) is 22.2 Å². The van der Waals surface area contributed by atoms with Gasteiger partial charge < -0.3 is 19.3 Å². The maximum atomic E-state index is 14.3. The predicted molar refractivity (Wildman–Crippen MR) is 186 cm³/mol. The summed E-state index contributed by atoms with van der Waals surface area (Å²) in [5, 5.41) is 19.3. The van der Waals surface area contributed by atoms with Crippen LogP contribution in [0.25, 0.3) is 0 Å². The number of rotatable bonds is 16. The topological polar surface area (TPSA) is 140 Å². The van der Waals surface area contributed by atoms with Crippen molar-refractivity contribution in [3.05, 3.63) is 65.7 Å². The Bertz CT molecular complexity index is 1740. The summed E-state index contributed by atoms with van der Waals surface area (Å²) in [6.45, 7) is 5.64. The Morgan fingerprint density at radius 3 is 1.85 bits per heavy atom. The van der Waals surface area contributed by atoms with Gasteiger partial charge in [-0.1, -0.05) is 54.3 Å². The maximum Gasteiger partial charge on any atom is 0.460 e. The Hall–Kier alpha value is -4.24. The largest absolute Gasteiger partial charge is 0.481 e. The summed E-state index contributed by atoms with van der Waals surface area (Å²) in [7, 11) is 0. The molecule has 2 aromatic carbocycles. The second-order valence-corrected chi connectivity index (χ2v) is 16.4. The van der Waals surface area contributed by atoms with Gasteiger partial charge in [-0.15, -0.1) is 0 Å². The number of hydrogen-bond acceptors (Lipinski definition) is 10. The van der Waals surface area contributed by atoms with Crippen molar-refractivity contribution in [2.75, 3.05) is 6.61 Å². The van der Waals surface area contributed by atoms with Crippen molar-refractivity contribution in [3.63, 3.8) is 0 Å². The maximum absolute atomic E-state index is 14.3. The molecule has 0 radical (unpaired) electrons. The predicted octanol–water partition coefficient (Wildman–Crippen LogP) is 8.97. The highest BCUT2D eigenvalue weighted by Crippen LogP contribution is 2.50. The first-order valence-corrected chi connectivity index (χ1v) is 17.2. The van der Waals surface area contributed by atoms with E-state index in [1.54, 1.807) is 51.1 Å². The van der Waals surface area contributed by atoms with Crippen molar-refractivity contribution in [2.24, 2.45) is 10.8 Å². The highest BCUT2D eigenvalue weighted by molar-refractivity contribution is 8.25. The van der Waals surface area contributed by atoms with Crippen LogP contribution in [0.4, 0.5) is 30.7 Å². The summed E-state index contributed by atoms with van der Waals surface area (Å²) in [5.41, 5.74) is -4.46. The molecular formula is C36H38F7NO8S2. The molecule has 296 valence electrons. The molecular weight excluding hydrogens is 772 g/mol. The van der Waals surface area contributed by atoms with Gasteiger partial charge in [0.2, 0.25) is 0 Å². The molecule has 18 heteroatoms. The average Bonchev–Trinajstić information content (AvgIpc) is 3.05. The Morgan fingerprint density at radius 2 is 1.37 bits per heavy atom. The van der Waals surface area contributed by atoms with Gasteiger partial charge in [0, 0.05) is 6.42 Å². The molecule has 1 N–H and O–H groups in total. The number of aliphatic carboxylic acids is 1. The zero-order valence-corrected chi connectivity index (χ0v) is 31.6. The molecule has 3 unspecified atom stereocenters.